The Hall–Kier alpha value is -1.97. The first kappa shape index (κ1) is 10.5. The van der Waals surface area contributed by atoms with Crippen molar-refractivity contribution in [1.82, 2.24) is 10.2 Å². The predicted octanol–water partition coefficient (Wildman–Crippen LogP) is 2.28. The summed E-state index contributed by atoms with van der Waals surface area (Å²) in [6, 6.07) is 4.13. The smallest absolute Gasteiger partial charge is 0.129 e. The maximum Gasteiger partial charge on any atom is 0.129 e. The number of nitrogens with two attached hydrogens (primary N) is 1. The van der Waals surface area contributed by atoms with E-state index in [-0.39, 0.29) is 0 Å². The second-order valence-electron chi connectivity index (χ2n) is 3.86. The van der Waals surface area contributed by atoms with Gasteiger partial charge in [-0.1, -0.05) is 6.07 Å². The van der Waals surface area contributed by atoms with Crippen molar-refractivity contribution in [2.45, 2.75) is 13.8 Å². The number of nitrogen functional groups attached to an aromatic ring is 1. The SMILES string of the molecule is COc1c(C)cc(C)cc1-c1cn[nH]c1N. The fourth-order valence-electron chi connectivity index (χ4n) is 1.94. The number of aromatic nitrogens is 2. The molecule has 0 atom stereocenters. The summed E-state index contributed by atoms with van der Waals surface area (Å²) in [6.45, 7) is 4.07. The number of hydrogen-bond acceptors (Lipinski definition) is 3. The average molecular weight is 217 g/mol. The van der Waals surface area contributed by atoms with E-state index in [0.29, 0.717) is 5.82 Å². The second kappa shape index (κ2) is 3.89. The molecule has 4 heteroatoms. The summed E-state index contributed by atoms with van der Waals surface area (Å²) in [7, 11) is 1.66. The first-order chi connectivity index (χ1) is 7.63. The lowest BCUT2D eigenvalue weighted by molar-refractivity contribution is 0.413. The fraction of sp³-hybridized carbons (Fsp3) is 0.250. The van der Waals surface area contributed by atoms with E-state index in [0.717, 1.165) is 22.4 Å². The van der Waals surface area contributed by atoms with Gasteiger partial charge in [0.2, 0.25) is 0 Å². The van der Waals surface area contributed by atoms with Gasteiger partial charge in [-0.15, -0.1) is 0 Å². The molecule has 16 heavy (non-hydrogen) atoms. The molecule has 0 saturated carbocycles. The third-order valence-electron chi connectivity index (χ3n) is 2.58. The monoisotopic (exact) mass is 217 g/mol. The van der Waals surface area contributed by atoms with Crippen LogP contribution in [-0.4, -0.2) is 17.3 Å². The van der Waals surface area contributed by atoms with E-state index in [1.165, 1.54) is 5.56 Å². The molecule has 1 heterocycles. The number of methoxy groups -OCH3 is 1. The molecule has 0 saturated heterocycles. The van der Waals surface area contributed by atoms with Crippen LogP contribution in [0.25, 0.3) is 11.1 Å². The third-order valence-corrected chi connectivity index (χ3v) is 2.58. The Morgan fingerprint density at radius 2 is 2.00 bits per heavy atom. The lowest BCUT2D eigenvalue weighted by Gasteiger charge is -2.12. The van der Waals surface area contributed by atoms with Crippen molar-refractivity contribution in [1.29, 1.82) is 0 Å². The van der Waals surface area contributed by atoms with E-state index < -0.39 is 0 Å². The van der Waals surface area contributed by atoms with Crippen LogP contribution in [0.1, 0.15) is 11.1 Å². The molecule has 1 aromatic heterocycles. The Bertz CT molecular complexity index is 517. The Kier molecular flexibility index (Phi) is 2.56. The number of nitrogens with zero attached hydrogens (tertiary/aromatic N) is 1. The van der Waals surface area contributed by atoms with Crippen LogP contribution < -0.4 is 10.5 Å². The van der Waals surface area contributed by atoms with E-state index in [4.69, 9.17) is 10.5 Å². The topological polar surface area (TPSA) is 63.9 Å². The van der Waals surface area contributed by atoms with E-state index >= 15 is 0 Å². The summed E-state index contributed by atoms with van der Waals surface area (Å²) in [4.78, 5) is 0. The average Bonchev–Trinajstić information content (AvgIpc) is 2.63. The van der Waals surface area contributed by atoms with Crippen LogP contribution in [0.2, 0.25) is 0 Å². The molecule has 2 rings (SSSR count). The highest BCUT2D eigenvalue weighted by molar-refractivity contribution is 5.79. The van der Waals surface area contributed by atoms with Gasteiger partial charge in [0, 0.05) is 11.1 Å². The number of aryl methyl sites for hydroxylation is 2. The highest BCUT2D eigenvalue weighted by Crippen LogP contribution is 2.35. The van der Waals surface area contributed by atoms with Gasteiger partial charge in [0.05, 0.1) is 13.3 Å². The Labute approximate surface area is 94.4 Å². The van der Waals surface area contributed by atoms with Gasteiger partial charge in [0.1, 0.15) is 11.6 Å². The van der Waals surface area contributed by atoms with E-state index in [9.17, 15) is 0 Å². The van der Waals surface area contributed by atoms with Gasteiger partial charge in [-0.3, -0.25) is 5.10 Å². The highest BCUT2D eigenvalue weighted by atomic mass is 16.5. The predicted molar refractivity (Wildman–Crippen MR) is 64.5 cm³/mol. The summed E-state index contributed by atoms with van der Waals surface area (Å²) < 4.78 is 5.41. The van der Waals surface area contributed by atoms with Crippen LogP contribution in [0.15, 0.2) is 18.3 Å². The largest absolute Gasteiger partial charge is 0.496 e. The molecule has 2 aromatic rings. The molecule has 0 aliphatic carbocycles. The fourth-order valence-corrected chi connectivity index (χ4v) is 1.94. The van der Waals surface area contributed by atoms with Crippen molar-refractivity contribution in [3.8, 4) is 16.9 Å². The number of rotatable bonds is 2. The van der Waals surface area contributed by atoms with Crippen molar-refractivity contribution in [3.05, 3.63) is 29.5 Å². The standard InChI is InChI=1S/C12H15N3O/c1-7-4-8(2)11(16-3)9(5-7)10-6-14-15-12(10)13/h4-6H,1-3H3,(H3,13,14,15). The minimum Gasteiger partial charge on any atom is -0.496 e. The van der Waals surface area contributed by atoms with Gasteiger partial charge < -0.3 is 10.5 Å². The summed E-state index contributed by atoms with van der Waals surface area (Å²) in [6.07, 6.45) is 1.71. The number of anilines is 1. The van der Waals surface area contributed by atoms with Gasteiger partial charge in [0.25, 0.3) is 0 Å². The molecule has 0 amide bonds. The van der Waals surface area contributed by atoms with Crippen molar-refractivity contribution in [2.24, 2.45) is 0 Å². The van der Waals surface area contributed by atoms with Crippen LogP contribution in [0.3, 0.4) is 0 Å². The molecule has 0 spiro atoms. The molecule has 84 valence electrons. The number of nitrogens with one attached hydrogen (secondary N) is 1. The molecule has 3 N–H and O–H groups in total. The van der Waals surface area contributed by atoms with E-state index in [1.807, 2.05) is 19.9 Å². The first-order valence-electron chi connectivity index (χ1n) is 5.08. The minimum absolute atomic E-state index is 0.559. The Balaban J connectivity index is 2.68. The van der Waals surface area contributed by atoms with Crippen LogP contribution in [-0.2, 0) is 0 Å². The molecule has 1 aromatic carbocycles. The minimum atomic E-state index is 0.559. The van der Waals surface area contributed by atoms with Gasteiger partial charge in [0.15, 0.2) is 0 Å². The summed E-state index contributed by atoms with van der Waals surface area (Å²) in [5.74, 6) is 1.40. The summed E-state index contributed by atoms with van der Waals surface area (Å²) >= 11 is 0. The van der Waals surface area contributed by atoms with Crippen LogP contribution >= 0.6 is 0 Å². The van der Waals surface area contributed by atoms with Crippen LogP contribution in [0.4, 0.5) is 5.82 Å². The lowest BCUT2D eigenvalue weighted by atomic mass is 10.0. The highest BCUT2D eigenvalue weighted by Gasteiger charge is 2.13. The molecule has 0 radical (unpaired) electrons. The van der Waals surface area contributed by atoms with Crippen LogP contribution in [0, 0.1) is 13.8 Å². The van der Waals surface area contributed by atoms with Crippen molar-refractivity contribution in [3.63, 3.8) is 0 Å². The zero-order chi connectivity index (χ0) is 11.7. The van der Waals surface area contributed by atoms with Gasteiger partial charge >= 0.3 is 0 Å². The normalized spacial score (nSPS) is 10.4. The summed E-state index contributed by atoms with van der Waals surface area (Å²) in [5, 5.41) is 6.66. The second-order valence-corrected chi connectivity index (χ2v) is 3.86. The van der Waals surface area contributed by atoms with Crippen LogP contribution in [0.5, 0.6) is 5.75 Å². The lowest BCUT2D eigenvalue weighted by Crippen LogP contribution is -1.94. The summed E-state index contributed by atoms with van der Waals surface area (Å²) in [5.41, 5.74) is 9.95. The zero-order valence-electron chi connectivity index (χ0n) is 9.66. The Morgan fingerprint density at radius 3 is 2.56 bits per heavy atom. The Morgan fingerprint density at radius 1 is 1.25 bits per heavy atom. The molecular weight excluding hydrogens is 202 g/mol. The number of hydrogen-bond donors (Lipinski definition) is 2. The first-order valence-corrected chi connectivity index (χ1v) is 5.08. The van der Waals surface area contributed by atoms with Crippen molar-refractivity contribution < 1.29 is 4.74 Å². The molecule has 0 unspecified atom stereocenters. The van der Waals surface area contributed by atoms with Gasteiger partial charge in [-0.2, -0.15) is 5.10 Å². The quantitative estimate of drug-likeness (QED) is 0.811. The number of ether oxygens (including phenoxy) is 1. The maximum atomic E-state index is 5.82. The molecule has 0 aliphatic rings. The van der Waals surface area contributed by atoms with E-state index in [1.54, 1.807) is 13.3 Å². The third kappa shape index (κ3) is 1.62. The van der Waals surface area contributed by atoms with Gasteiger partial charge in [-0.25, -0.2) is 0 Å². The molecular formula is C12H15N3O. The molecule has 4 nitrogen and oxygen atoms in total. The maximum absolute atomic E-state index is 5.82. The number of benzene rings is 1. The molecule has 0 bridgehead atoms. The number of aromatic amines is 1. The van der Waals surface area contributed by atoms with Crippen molar-refractivity contribution in [2.75, 3.05) is 12.8 Å². The molecule has 0 fully saturated rings. The number of H-pyrrole nitrogens is 1. The van der Waals surface area contributed by atoms with E-state index in [2.05, 4.69) is 16.3 Å². The van der Waals surface area contributed by atoms with Crippen molar-refractivity contribution >= 4 is 5.82 Å². The zero-order valence-corrected chi connectivity index (χ0v) is 9.66. The van der Waals surface area contributed by atoms with Gasteiger partial charge in [-0.05, 0) is 31.0 Å². The molecule has 0 aliphatic heterocycles.